The van der Waals surface area contributed by atoms with Crippen LogP contribution in [0.25, 0.3) is 0 Å². The molecule has 1 unspecified atom stereocenters. The SMILES string of the molecule is O=C1CCC(N2Cc3cc(N4CCN(Cc5ccsc5Cl)CC4)c(F)cc3C2=O)C(=O)N1. The summed E-state index contributed by atoms with van der Waals surface area (Å²) in [5.41, 5.74) is 2.60. The lowest BCUT2D eigenvalue weighted by Crippen LogP contribution is -2.52. The predicted octanol–water partition coefficient (Wildman–Crippen LogP) is 2.62. The van der Waals surface area contributed by atoms with E-state index in [9.17, 15) is 18.8 Å². The molecule has 3 aliphatic heterocycles. The number of hydrogen-bond donors (Lipinski definition) is 1. The Bertz CT molecular complexity index is 1100. The predicted molar refractivity (Wildman–Crippen MR) is 119 cm³/mol. The van der Waals surface area contributed by atoms with Crippen molar-refractivity contribution in [2.24, 2.45) is 0 Å². The van der Waals surface area contributed by atoms with E-state index in [1.807, 2.05) is 16.3 Å². The van der Waals surface area contributed by atoms with Crippen LogP contribution in [0.3, 0.4) is 0 Å². The summed E-state index contributed by atoms with van der Waals surface area (Å²) >= 11 is 7.73. The third kappa shape index (κ3) is 3.89. The van der Waals surface area contributed by atoms with E-state index < -0.39 is 17.8 Å². The highest BCUT2D eigenvalue weighted by Crippen LogP contribution is 2.33. The molecule has 168 valence electrons. The van der Waals surface area contributed by atoms with E-state index >= 15 is 0 Å². The number of thiophene rings is 1. The Morgan fingerprint density at radius 2 is 1.94 bits per heavy atom. The van der Waals surface area contributed by atoms with E-state index in [1.165, 1.54) is 22.3 Å². The molecule has 10 heteroatoms. The van der Waals surface area contributed by atoms with Crippen LogP contribution >= 0.6 is 22.9 Å². The molecule has 2 fully saturated rings. The van der Waals surface area contributed by atoms with E-state index in [4.69, 9.17) is 11.6 Å². The zero-order chi connectivity index (χ0) is 22.4. The number of carbonyl (C=O) groups is 3. The monoisotopic (exact) mass is 476 g/mol. The normalized spacial score (nSPS) is 21.8. The number of piperidine rings is 1. The van der Waals surface area contributed by atoms with Gasteiger partial charge in [-0.25, -0.2) is 4.39 Å². The van der Waals surface area contributed by atoms with Crippen molar-refractivity contribution in [3.05, 3.63) is 50.4 Å². The second-order valence-electron chi connectivity index (χ2n) is 8.34. The molecule has 3 amide bonds. The number of nitrogens with zero attached hydrogens (tertiary/aromatic N) is 3. The van der Waals surface area contributed by atoms with Gasteiger partial charge in [0, 0.05) is 51.3 Å². The molecule has 0 radical (unpaired) electrons. The van der Waals surface area contributed by atoms with Crippen molar-refractivity contribution in [3.63, 3.8) is 0 Å². The van der Waals surface area contributed by atoms with Crippen LogP contribution in [-0.4, -0.2) is 59.7 Å². The van der Waals surface area contributed by atoms with Gasteiger partial charge in [0.1, 0.15) is 11.9 Å². The maximum Gasteiger partial charge on any atom is 0.255 e. The molecule has 0 spiro atoms. The minimum absolute atomic E-state index is 0.191. The Morgan fingerprint density at radius 1 is 1.16 bits per heavy atom. The Hall–Kier alpha value is -2.49. The van der Waals surface area contributed by atoms with E-state index in [1.54, 1.807) is 6.07 Å². The molecule has 2 saturated heterocycles. The van der Waals surface area contributed by atoms with Crippen LogP contribution in [0.4, 0.5) is 10.1 Å². The molecule has 2 aromatic rings. The van der Waals surface area contributed by atoms with Gasteiger partial charge in [0.15, 0.2) is 0 Å². The fraction of sp³-hybridized carbons (Fsp3) is 0.409. The Labute approximate surface area is 193 Å². The van der Waals surface area contributed by atoms with Crippen LogP contribution in [0.15, 0.2) is 23.6 Å². The maximum atomic E-state index is 15.0. The minimum Gasteiger partial charge on any atom is -0.367 e. The highest BCUT2D eigenvalue weighted by atomic mass is 35.5. The van der Waals surface area contributed by atoms with Gasteiger partial charge in [-0.15, -0.1) is 11.3 Å². The van der Waals surface area contributed by atoms with Crippen LogP contribution in [0.2, 0.25) is 4.34 Å². The number of piperazine rings is 1. The lowest BCUT2D eigenvalue weighted by molar-refractivity contribution is -0.136. The summed E-state index contributed by atoms with van der Waals surface area (Å²) in [5.74, 6) is -1.59. The van der Waals surface area contributed by atoms with E-state index in [-0.39, 0.29) is 31.2 Å². The van der Waals surface area contributed by atoms with Gasteiger partial charge in [0.25, 0.3) is 5.91 Å². The molecular weight excluding hydrogens is 455 g/mol. The first-order chi connectivity index (χ1) is 15.4. The van der Waals surface area contributed by atoms with E-state index in [0.717, 1.165) is 29.5 Å². The number of benzene rings is 1. The average molecular weight is 477 g/mol. The van der Waals surface area contributed by atoms with Gasteiger partial charge in [-0.3, -0.25) is 24.6 Å². The van der Waals surface area contributed by atoms with Gasteiger partial charge < -0.3 is 9.80 Å². The van der Waals surface area contributed by atoms with E-state index in [2.05, 4.69) is 10.2 Å². The molecule has 3 aliphatic rings. The number of imide groups is 1. The molecular formula is C22H22ClFN4O3S. The number of amides is 3. The largest absolute Gasteiger partial charge is 0.367 e. The highest BCUT2D eigenvalue weighted by molar-refractivity contribution is 7.14. The Kier molecular flexibility index (Phi) is 5.65. The first-order valence-corrected chi connectivity index (χ1v) is 11.8. The molecule has 7 nitrogen and oxygen atoms in total. The molecule has 1 aromatic carbocycles. The molecule has 0 bridgehead atoms. The summed E-state index contributed by atoms with van der Waals surface area (Å²) < 4.78 is 15.8. The van der Waals surface area contributed by atoms with Gasteiger partial charge in [-0.1, -0.05) is 11.6 Å². The van der Waals surface area contributed by atoms with Crippen molar-refractivity contribution in [2.45, 2.75) is 32.0 Å². The van der Waals surface area contributed by atoms with Gasteiger partial charge in [0.2, 0.25) is 11.8 Å². The van der Waals surface area contributed by atoms with Gasteiger partial charge in [-0.2, -0.15) is 0 Å². The molecule has 32 heavy (non-hydrogen) atoms. The molecule has 4 heterocycles. The number of fused-ring (bicyclic) bond motifs is 1. The quantitative estimate of drug-likeness (QED) is 0.687. The molecule has 1 N–H and O–H groups in total. The highest BCUT2D eigenvalue weighted by Gasteiger charge is 2.39. The number of carbonyl (C=O) groups excluding carboxylic acids is 3. The second-order valence-corrected chi connectivity index (χ2v) is 9.86. The fourth-order valence-electron chi connectivity index (χ4n) is 4.64. The third-order valence-electron chi connectivity index (χ3n) is 6.39. The summed E-state index contributed by atoms with van der Waals surface area (Å²) in [6, 6.07) is 4.35. The molecule has 5 rings (SSSR count). The topological polar surface area (TPSA) is 73.0 Å². The second kappa shape index (κ2) is 8.46. The number of anilines is 1. The van der Waals surface area contributed by atoms with Gasteiger partial charge >= 0.3 is 0 Å². The van der Waals surface area contributed by atoms with Gasteiger partial charge in [0.05, 0.1) is 10.0 Å². The third-order valence-corrected chi connectivity index (χ3v) is 7.64. The molecule has 0 aliphatic carbocycles. The van der Waals surface area contributed by atoms with Gasteiger partial charge in [-0.05, 0) is 41.1 Å². The van der Waals surface area contributed by atoms with Crippen LogP contribution < -0.4 is 10.2 Å². The molecule has 1 atom stereocenters. The lowest BCUT2D eigenvalue weighted by atomic mass is 10.0. The summed E-state index contributed by atoms with van der Waals surface area (Å²) in [4.78, 5) is 42.2. The Balaban J connectivity index is 1.28. The first kappa shape index (κ1) is 21.4. The average Bonchev–Trinajstić information content (AvgIpc) is 3.31. The zero-order valence-electron chi connectivity index (χ0n) is 17.3. The number of nitrogens with one attached hydrogen (secondary N) is 1. The summed E-state index contributed by atoms with van der Waals surface area (Å²) in [5, 5.41) is 4.26. The first-order valence-electron chi connectivity index (χ1n) is 10.6. The number of rotatable bonds is 4. The van der Waals surface area contributed by atoms with Crippen LogP contribution in [0, 0.1) is 5.82 Å². The molecule has 0 saturated carbocycles. The lowest BCUT2D eigenvalue weighted by Gasteiger charge is -2.36. The van der Waals surface area contributed by atoms with Crippen LogP contribution in [0.5, 0.6) is 0 Å². The summed E-state index contributed by atoms with van der Waals surface area (Å²) in [6.07, 6.45) is 0.479. The summed E-state index contributed by atoms with van der Waals surface area (Å²) in [6.45, 7) is 3.92. The maximum absolute atomic E-state index is 15.0. The Morgan fingerprint density at radius 3 is 2.62 bits per heavy atom. The molecule has 1 aromatic heterocycles. The van der Waals surface area contributed by atoms with Crippen molar-refractivity contribution < 1.29 is 18.8 Å². The van der Waals surface area contributed by atoms with Crippen molar-refractivity contribution in [1.82, 2.24) is 15.1 Å². The van der Waals surface area contributed by atoms with E-state index in [0.29, 0.717) is 29.9 Å². The summed E-state index contributed by atoms with van der Waals surface area (Å²) in [7, 11) is 0. The van der Waals surface area contributed by atoms with Crippen LogP contribution in [0.1, 0.15) is 34.3 Å². The van der Waals surface area contributed by atoms with Crippen LogP contribution in [-0.2, 0) is 22.7 Å². The zero-order valence-corrected chi connectivity index (χ0v) is 18.8. The smallest absolute Gasteiger partial charge is 0.255 e. The minimum atomic E-state index is -0.702. The van der Waals surface area contributed by atoms with Crippen molar-refractivity contribution >= 4 is 46.3 Å². The number of hydrogen-bond acceptors (Lipinski definition) is 6. The van der Waals surface area contributed by atoms with Crippen molar-refractivity contribution in [2.75, 3.05) is 31.1 Å². The van der Waals surface area contributed by atoms with Crippen molar-refractivity contribution in [1.29, 1.82) is 0 Å². The number of halogens is 2. The standard InChI is InChI=1S/C22H22ClFN4O3S/c23-20-13(3-8-32-20)11-26-4-6-27(7-5-26)18-9-14-12-28(22(31)15(14)10-16(18)24)17-1-2-19(29)25-21(17)30/h3,8-10,17H,1-2,4-7,11-12H2,(H,25,29,30). The fourth-order valence-corrected chi connectivity index (χ4v) is 5.55. The van der Waals surface area contributed by atoms with Crippen molar-refractivity contribution in [3.8, 4) is 0 Å².